The largest absolute Gasteiger partial charge is 0.465 e. The van der Waals surface area contributed by atoms with Crippen LogP contribution in [0.1, 0.15) is 25.7 Å². The average molecular weight is 475 g/mol. The molecule has 2 aliphatic rings. The summed E-state index contributed by atoms with van der Waals surface area (Å²) in [7, 11) is 0. The van der Waals surface area contributed by atoms with E-state index >= 15 is 0 Å². The maximum atomic E-state index is 11.6. The smallest absolute Gasteiger partial charge is 0.409 e. The Balaban J connectivity index is 0.000000186. The van der Waals surface area contributed by atoms with Crippen LogP contribution in [0.15, 0.2) is 48.5 Å². The van der Waals surface area contributed by atoms with Gasteiger partial charge in [0.15, 0.2) is 0 Å². The van der Waals surface area contributed by atoms with Gasteiger partial charge >= 0.3 is 12.1 Å². The molecule has 9 nitrogen and oxygen atoms in total. The standard InChI is InChI=1S/C12H15ClN2O.C11H12N2O4/c13-9-5-7-11(8-6-9)15-12(16)14-10-3-1-2-4-10;14-10-7-17-6-5-13(10)9-3-1-8(2-4-9)12-11(15)16/h5-8,10H,1-4H2,(H2,14,15,16);1-4,12H,5-7H2,(H,15,16). The highest BCUT2D eigenvalue weighted by Crippen LogP contribution is 2.20. The van der Waals surface area contributed by atoms with Crippen LogP contribution in [0.25, 0.3) is 0 Å². The molecule has 176 valence electrons. The minimum Gasteiger partial charge on any atom is -0.465 e. The molecular weight excluding hydrogens is 448 g/mol. The lowest BCUT2D eigenvalue weighted by atomic mass is 10.2. The summed E-state index contributed by atoms with van der Waals surface area (Å²) in [6.45, 7) is 1.13. The fourth-order valence-electron chi connectivity index (χ4n) is 3.60. The second-order valence-corrected chi connectivity index (χ2v) is 8.10. The fourth-order valence-corrected chi connectivity index (χ4v) is 3.72. The quantitative estimate of drug-likeness (QED) is 0.518. The first-order valence-corrected chi connectivity index (χ1v) is 11.1. The van der Waals surface area contributed by atoms with Gasteiger partial charge in [0.05, 0.1) is 6.61 Å². The Hall–Kier alpha value is -3.30. The summed E-state index contributed by atoms with van der Waals surface area (Å²) < 4.78 is 5.03. The number of anilines is 3. The zero-order valence-corrected chi connectivity index (χ0v) is 18.8. The van der Waals surface area contributed by atoms with Crippen LogP contribution >= 0.6 is 11.6 Å². The van der Waals surface area contributed by atoms with E-state index in [1.165, 1.54) is 12.8 Å². The number of halogens is 1. The molecule has 0 aromatic heterocycles. The molecule has 1 aliphatic heterocycles. The third-order valence-electron chi connectivity index (χ3n) is 5.21. The molecule has 2 aromatic rings. The maximum absolute atomic E-state index is 11.6. The van der Waals surface area contributed by atoms with Gasteiger partial charge in [-0.25, -0.2) is 9.59 Å². The number of urea groups is 1. The van der Waals surface area contributed by atoms with Gasteiger partial charge in [0.2, 0.25) is 0 Å². The molecule has 1 saturated carbocycles. The lowest BCUT2D eigenvalue weighted by Crippen LogP contribution is -2.41. The summed E-state index contributed by atoms with van der Waals surface area (Å²) in [4.78, 5) is 35.2. The zero-order chi connectivity index (χ0) is 23.6. The highest BCUT2D eigenvalue weighted by Gasteiger charge is 2.20. The molecule has 0 atom stereocenters. The number of carboxylic acid groups (broad SMARTS) is 1. The molecule has 1 saturated heterocycles. The molecule has 4 amide bonds. The number of benzene rings is 2. The highest BCUT2D eigenvalue weighted by molar-refractivity contribution is 6.30. The third kappa shape index (κ3) is 7.96. The van der Waals surface area contributed by atoms with Gasteiger partial charge in [-0.1, -0.05) is 24.4 Å². The van der Waals surface area contributed by atoms with E-state index in [-0.39, 0.29) is 18.5 Å². The lowest BCUT2D eigenvalue weighted by molar-refractivity contribution is -0.125. The summed E-state index contributed by atoms with van der Waals surface area (Å²) in [5, 5.41) is 17.2. The zero-order valence-electron chi connectivity index (χ0n) is 18.1. The van der Waals surface area contributed by atoms with Crippen LogP contribution in [0.3, 0.4) is 0 Å². The van der Waals surface area contributed by atoms with Crippen molar-refractivity contribution in [1.82, 2.24) is 5.32 Å². The van der Waals surface area contributed by atoms with E-state index in [9.17, 15) is 14.4 Å². The van der Waals surface area contributed by atoms with Gasteiger partial charge in [-0.05, 0) is 61.4 Å². The Morgan fingerprint density at radius 1 is 0.970 bits per heavy atom. The molecule has 0 unspecified atom stereocenters. The number of morpholine rings is 1. The Morgan fingerprint density at radius 2 is 1.58 bits per heavy atom. The van der Waals surface area contributed by atoms with Crippen molar-refractivity contribution in [3.63, 3.8) is 0 Å². The van der Waals surface area contributed by atoms with Gasteiger partial charge in [0, 0.05) is 34.7 Å². The first kappa shape index (κ1) is 24.3. The van der Waals surface area contributed by atoms with Crippen molar-refractivity contribution in [2.24, 2.45) is 0 Å². The van der Waals surface area contributed by atoms with E-state index in [0.717, 1.165) is 24.2 Å². The van der Waals surface area contributed by atoms with Gasteiger partial charge in [-0.3, -0.25) is 10.1 Å². The van der Waals surface area contributed by atoms with E-state index in [1.807, 2.05) is 0 Å². The number of ether oxygens (including phenoxy) is 1. The van der Waals surface area contributed by atoms with Crippen molar-refractivity contribution in [2.75, 3.05) is 35.3 Å². The van der Waals surface area contributed by atoms with Crippen molar-refractivity contribution in [3.8, 4) is 0 Å². The minimum absolute atomic E-state index is 0.0878. The molecule has 33 heavy (non-hydrogen) atoms. The molecule has 4 rings (SSSR count). The molecule has 0 radical (unpaired) electrons. The van der Waals surface area contributed by atoms with Gasteiger partial charge in [0.25, 0.3) is 5.91 Å². The first-order chi connectivity index (χ1) is 15.9. The van der Waals surface area contributed by atoms with E-state index in [1.54, 1.807) is 53.4 Å². The highest BCUT2D eigenvalue weighted by atomic mass is 35.5. The van der Waals surface area contributed by atoms with E-state index in [0.29, 0.717) is 29.9 Å². The van der Waals surface area contributed by atoms with E-state index < -0.39 is 6.09 Å². The number of hydrogen-bond acceptors (Lipinski definition) is 4. The van der Waals surface area contributed by atoms with Crippen LogP contribution in [-0.4, -0.2) is 48.9 Å². The average Bonchev–Trinajstić information content (AvgIpc) is 3.29. The lowest BCUT2D eigenvalue weighted by Gasteiger charge is -2.26. The number of carbonyl (C=O) groups is 3. The van der Waals surface area contributed by atoms with E-state index in [4.69, 9.17) is 21.4 Å². The number of carbonyl (C=O) groups excluding carboxylic acids is 2. The number of nitrogens with one attached hydrogen (secondary N) is 3. The molecule has 10 heteroatoms. The fraction of sp³-hybridized carbons (Fsp3) is 0.348. The number of amides is 4. The van der Waals surface area contributed by atoms with Crippen LogP contribution in [-0.2, 0) is 9.53 Å². The van der Waals surface area contributed by atoms with Gasteiger partial charge in [-0.15, -0.1) is 0 Å². The molecule has 4 N–H and O–H groups in total. The van der Waals surface area contributed by atoms with E-state index in [2.05, 4.69) is 16.0 Å². The summed E-state index contributed by atoms with van der Waals surface area (Å²) in [6.07, 6.45) is 3.50. The number of rotatable bonds is 4. The van der Waals surface area contributed by atoms with Crippen LogP contribution in [0.2, 0.25) is 5.02 Å². The van der Waals surface area contributed by atoms with Crippen molar-refractivity contribution in [3.05, 3.63) is 53.6 Å². The van der Waals surface area contributed by atoms with Crippen molar-refractivity contribution >= 4 is 46.7 Å². The monoisotopic (exact) mass is 474 g/mol. The van der Waals surface area contributed by atoms with Gasteiger partial charge < -0.3 is 25.4 Å². The summed E-state index contributed by atoms with van der Waals surface area (Å²) in [5.74, 6) is -0.0878. The normalized spacial score (nSPS) is 15.9. The molecule has 1 aliphatic carbocycles. The predicted molar refractivity (Wildman–Crippen MR) is 127 cm³/mol. The van der Waals surface area contributed by atoms with Crippen LogP contribution in [0.5, 0.6) is 0 Å². The second kappa shape index (κ2) is 12.1. The SMILES string of the molecule is O=C(Nc1ccc(Cl)cc1)NC1CCCC1.O=C(O)Nc1ccc(N2CCOCC2=O)cc1. The molecule has 2 fully saturated rings. The molecular formula is C23H27ClN4O5. The van der Waals surface area contributed by atoms with Crippen LogP contribution < -0.4 is 20.9 Å². The molecule has 0 bridgehead atoms. The van der Waals surface area contributed by atoms with Crippen molar-refractivity contribution in [2.45, 2.75) is 31.7 Å². The summed E-state index contributed by atoms with van der Waals surface area (Å²) in [6, 6.07) is 13.9. The molecule has 2 aromatic carbocycles. The topological polar surface area (TPSA) is 120 Å². The van der Waals surface area contributed by atoms with Crippen molar-refractivity contribution in [1.29, 1.82) is 0 Å². The predicted octanol–water partition coefficient (Wildman–Crippen LogP) is 4.54. The third-order valence-corrected chi connectivity index (χ3v) is 5.46. The molecule has 0 spiro atoms. The summed E-state index contributed by atoms with van der Waals surface area (Å²) >= 11 is 5.76. The van der Waals surface area contributed by atoms with Gasteiger partial charge in [0.1, 0.15) is 6.61 Å². The second-order valence-electron chi connectivity index (χ2n) is 7.66. The Morgan fingerprint density at radius 3 is 2.18 bits per heavy atom. The Kier molecular flexibility index (Phi) is 8.91. The number of nitrogens with zero attached hydrogens (tertiary/aromatic N) is 1. The number of hydrogen-bond donors (Lipinski definition) is 4. The maximum Gasteiger partial charge on any atom is 0.409 e. The first-order valence-electron chi connectivity index (χ1n) is 10.7. The Labute approximate surface area is 197 Å². The minimum atomic E-state index is -1.11. The Bertz CT molecular complexity index is 946. The van der Waals surface area contributed by atoms with Crippen LogP contribution in [0.4, 0.5) is 26.7 Å². The molecule has 1 heterocycles. The van der Waals surface area contributed by atoms with Crippen LogP contribution in [0, 0.1) is 0 Å². The van der Waals surface area contributed by atoms with Crippen molar-refractivity contribution < 1.29 is 24.2 Å². The summed E-state index contributed by atoms with van der Waals surface area (Å²) in [5.41, 5.74) is 1.98. The van der Waals surface area contributed by atoms with Gasteiger partial charge in [-0.2, -0.15) is 0 Å².